The molecule has 2 amide bonds. The van der Waals surface area contributed by atoms with E-state index < -0.39 is 9.84 Å². The first kappa shape index (κ1) is 22.0. The van der Waals surface area contributed by atoms with E-state index in [1.165, 1.54) is 0 Å². The fraction of sp³-hybridized carbons (Fsp3) is 0.391. The first-order chi connectivity index (χ1) is 14.3. The topological polar surface area (TPSA) is 74.8 Å². The van der Waals surface area contributed by atoms with Gasteiger partial charge in [0.15, 0.2) is 9.84 Å². The number of rotatable bonds is 7. The lowest BCUT2D eigenvalue weighted by Gasteiger charge is -2.22. The van der Waals surface area contributed by atoms with Gasteiger partial charge in [-0.25, -0.2) is 8.42 Å². The Morgan fingerprint density at radius 2 is 1.80 bits per heavy atom. The zero-order valence-corrected chi connectivity index (χ0v) is 18.5. The molecule has 1 atom stereocenters. The lowest BCUT2D eigenvalue weighted by atomic mass is 10.1. The van der Waals surface area contributed by atoms with Crippen molar-refractivity contribution in [1.29, 1.82) is 0 Å². The minimum atomic E-state index is -3.61. The summed E-state index contributed by atoms with van der Waals surface area (Å²) in [7, 11) is -3.61. The van der Waals surface area contributed by atoms with Crippen LogP contribution in [0.3, 0.4) is 0 Å². The molecular formula is C23H28N2O4S. The largest absolute Gasteiger partial charge is 0.313 e. The van der Waals surface area contributed by atoms with Gasteiger partial charge >= 0.3 is 0 Å². The number of hydrogen-bond donors (Lipinski definition) is 0. The van der Waals surface area contributed by atoms with Crippen LogP contribution in [-0.2, 0) is 25.8 Å². The van der Waals surface area contributed by atoms with Crippen LogP contribution >= 0.6 is 0 Å². The number of fused-ring (bicyclic) bond motifs is 1. The molecule has 7 heteroatoms. The summed E-state index contributed by atoms with van der Waals surface area (Å²) in [6, 6.07) is 14.2. The number of para-hydroxylation sites is 1. The molecule has 0 N–H and O–H groups in total. The fourth-order valence-electron chi connectivity index (χ4n) is 3.94. The molecule has 2 aromatic rings. The van der Waals surface area contributed by atoms with Crippen molar-refractivity contribution in [2.24, 2.45) is 0 Å². The number of amides is 2. The van der Waals surface area contributed by atoms with Crippen LogP contribution in [0.15, 0.2) is 53.4 Å². The monoisotopic (exact) mass is 428 g/mol. The normalized spacial score (nSPS) is 15.7. The van der Waals surface area contributed by atoms with Gasteiger partial charge in [0.2, 0.25) is 11.8 Å². The van der Waals surface area contributed by atoms with E-state index in [-0.39, 0.29) is 34.9 Å². The molecule has 3 rings (SSSR count). The number of sulfone groups is 1. The third-order valence-corrected chi connectivity index (χ3v) is 7.18. The Hall–Kier alpha value is -2.67. The summed E-state index contributed by atoms with van der Waals surface area (Å²) in [4.78, 5) is 28.4. The Morgan fingerprint density at radius 1 is 1.10 bits per heavy atom. The highest BCUT2D eigenvalue weighted by Crippen LogP contribution is 2.34. The molecule has 0 saturated heterocycles. The van der Waals surface area contributed by atoms with E-state index in [9.17, 15) is 18.0 Å². The molecule has 0 spiro atoms. The Kier molecular flexibility index (Phi) is 6.61. The molecule has 0 radical (unpaired) electrons. The van der Waals surface area contributed by atoms with E-state index in [0.29, 0.717) is 19.4 Å². The highest BCUT2D eigenvalue weighted by atomic mass is 32.2. The van der Waals surface area contributed by atoms with Gasteiger partial charge in [0.1, 0.15) is 0 Å². The summed E-state index contributed by atoms with van der Waals surface area (Å²) in [5, 5.41) is 0. The maximum Gasteiger partial charge on any atom is 0.228 e. The third-order valence-electron chi connectivity index (χ3n) is 5.47. The summed E-state index contributed by atoms with van der Waals surface area (Å²) in [5.41, 5.74) is 2.40. The summed E-state index contributed by atoms with van der Waals surface area (Å²) in [5.74, 6) is -0.439. The van der Waals surface area contributed by atoms with Crippen molar-refractivity contribution >= 4 is 33.0 Å². The molecule has 0 aromatic heterocycles. The summed E-state index contributed by atoms with van der Waals surface area (Å²) >= 11 is 0. The zero-order valence-electron chi connectivity index (χ0n) is 17.7. The highest BCUT2D eigenvalue weighted by Gasteiger charge is 2.31. The van der Waals surface area contributed by atoms with Gasteiger partial charge in [-0.05, 0) is 56.2 Å². The van der Waals surface area contributed by atoms with Crippen molar-refractivity contribution < 1.29 is 18.0 Å². The van der Waals surface area contributed by atoms with Gasteiger partial charge in [0, 0.05) is 36.8 Å². The highest BCUT2D eigenvalue weighted by molar-refractivity contribution is 7.91. The molecule has 0 saturated carbocycles. The lowest BCUT2D eigenvalue weighted by molar-refractivity contribution is -0.119. The Labute approximate surface area is 178 Å². The maximum atomic E-state index is 12.9. The van der Waals surface area contributed by atoms with Crippen LogP contribution in [0.2, 0.25) is 0 Å². The van der Waals surface area contributed by atoms with Gasteiger partial charge < -0.3 is 9.80 Å². The molecule has 0 fully saturated rings. The average Bonchev–Trinajstić information content (AvgIpc) is 3.08. The second kappa shape index (κ2) is 9.00. The number of carbonyl (C=O) groups is 2. The van der Waals surface area contributed by atoms with Crippen molar-refractivity contribution in [3.63, 3.8) is 0 Å². The van der Waals surface area contributed by atoms with Crippen molar-refractivity contribution in [2.45, 2.75) is 51.0 Å². The van der Waals surface area contributed by atoms with E-state index in [0.717, 1.165) is 16.9 Å². The number of nitrogens with zero attached hydrogens (tertiary/aromatic N) is 2. The van der Waals surface area contributed by atoms with Gasteiger partial charge in [-0.2, -0.15) is 0 Å². The number of anilines is 2. The lowest BCUT2D eigenvalue weighted by Crippen LogP contribution is -2.35. The number of hydrogen-bond acceptors (Lipinski definition) is 4. The average molecular weight is 429 g/mol. The zero-order chi connectivity index (χ0) is 21.9. The fourth-order valence-corrected chi connectivity index (χ4v) is 5.21. The van der Waals surface area contributed by atoms with Crippen molar-refractivity contribution in [1.82, 2.24) is 0 Å². The summed E-state index contributed by atoms with van der Waals surface area (Å²) < 4.78 is 25.8. The molecule has 0 aliphatic carbocycles. The minimum Gasteiger partial charge on any atom is -0.313 e. The first-order valence-corrected chi connectivity index (χ1v) is 12.0. The third kappa shape index (κ3) is 4.41. The molecule has 6 nitrogen and oxygen atoms in total. The second-order valence-corrected chi connectivity index (χ2v) is 9.61. The van der Waals surface area contributed by atoms with Gasteiger partial charge in [-0.3, -0.25) is 9.59 Å². The molecule has 1 heterocycles. The SMILES string of the molecule is CCC(=O)N1c2ccc(S(=O)(=O)CCC(=O)N(CC)c3ccccc3)cc2CC1C. The molecule has 1 aliphatic heterocycles. The second-order valence-electron chi connectivity index (χ2n) is 7.50. The van der Waals surface area contributed by atoms with Crippen LogP contribution in [0.4, 0.5) is 11.4 Å². The smallest absolute Gasteiger partial charge is 0.228 e. The van der Waals surface area contributed by atoms with Crippen LogP contribution in [0.5, 0.6) is 0 Å². The summed E-state index contributed by atoms with van der Waals surface area (Å²) in [6.45, 7) is 6.12. The van der Waals surface area contributed by atoms with E-state index >= 15 is 0 Å². The molecule has 160 valence electrons. The van der Waals surface area contributed by atoms with Crippen LogP contribution in [-0.4, -0.2) is 38.6 Å². The van der Waals surface area contributed by atoms with Crippen molar-refractivity contribution in [2.75, 3.05) is 22.1 Å². The molecule has 2 aromatic carbocycles. The summed E-state index contributed by atoms with van der Waals surface area (Å²) in [6.07, 6.45) is 0.946. The predicted molar refractivity (Wildman–Crippen MR) is 119 cm³/mol. The molecular weight excluding hydrogens is 400 g/mol. The Bertz CT molecular complexity index is 1030. The Morgan fingerprint density at radius 3 is 2.43 bits per heavy atom. The first-order valence-electron chi connectivity index (χ1n) is 10.3. The maximum absolute atomic E-state index is 12.9. The van der Waals surface area contributed by atoms with Crippen LogP contribution < -0.4 is 9.80 Å². The van der Waals surface area contributed by atoms with Gasteiger partial charge in [-0.15, -0.1) is 0 Å². The number of benzene rings is 2. The molecule has 1 unspecified atom stereocenters. The van der Waals surface area contributed by atoms with Gasteiger partial charge in [0.05, 0.1) is 10.6 Å². The Balaban J connectivity index is 1.75. The van der Waals surface area contributed by atoms with E-state index in [2.05, 4.69) is 0 Å². The van der Waals surface area contributed by atoms with Crippen molar-refractivity contribution in [3.8, 4) is 0 Å². The molecule has 0 bridgehead atoms. The van der Waals surface area contributed by atoms with Crippen LogP contribution in [0.1, 0.15) is 39.2 Å². The number of carbonyl (C=O) groups excluding carboxylic acids is 2. The van der Waals surface area contributed by atoms with Crippen molar-refractivity contribution in [3.05, 3.63) is 54.1 Å². The van der Waals surface area contributed by atoms with Crippen LogP contribution in [0, 0.1) is 0 Å². The molecule has 30 heavy (non-hydrogen) atoms. The van der Waals surface area contributed by atoms with E-state index in [4.69, 9.17) is 0 Å². The van der Waals surface area contributed by atoms with Crippen LogP contribution in [0.25, 0.3) is 0 Å². The minimum absolute atomic E-state index is 0.0102. The van der Waals surface area contributed by atoms with E-state index in [1.807, 2.05) is 51.1 Å². The van der Waals surface area contributed by atoms with Gasteiger partial charge in [-0.1, -0.05) is 25.1 Å². The van der Waals surface area contributed by atoms with Gasteiger partial charge in [0.25, 0.3) is 0 Å². The molecule has 1 aliphatic rings. The predicted octanol–water partition coefficient (Wildman–Crippen LogP) is 3.59. The van der Waals surface area contributed by atoms with E-state index in [1.54, 1.807) is 28.0 Å². The standard InChI is InChI=1S/C23H28N2O4S/c1-4-22(26)25-17(3)15-18-16-20(11-12-21(18)25)30(28,29)14-13-23(27)24(5-2)19-9-7-6-8-10-19/h6-12,16-17H,4-5,13-15H2,1-3H3. The quantitative estimate of drug-likeness (QED) is 0.675.